The molecule has 2 rings (SSSR count). The first kappa shape index (κ1) is 14.9. The number of aromatic carboxylic acids is 1. The quantitative estimate of drug-likeness (QED) is 0.838. The molecule has 1 fully saturated rings. The first-order valence-corrected chi connectivity index (χ1v) is 7.41. The number of carbonyl (C=O) groups is 1. The summed E-state index contributed by atoms with van der Waals surface area (Å²) >= 11 is 0. The second-order valence-electron chi connectivity index (χ2n) is 5.57. The van der Waals surface area contributed by atoms with Gasteiger partial charge in [-0.2, -0.15) is 0 Å². The number of likely N-dealkylation sites (tertiary alicyclic amines) is 1. The number of nitrogens with zero attached hydrogens (tertiary/aromatic N) is 1. The molecule has 4 heteroatoms. The summed E-state index contributed by atoms with van der Waals surface area (Å²) in [4.78, 5) is 13.5. The van der Waals surface area contributed by atoms with Gasteiger partial charge in [0.15, 0.2) is 0 Å². The van der Waals surface area contributed by atoms with Gasteiger partial charge in [0.2, 0.25) is 0 Å². The molecule has 0 aromatic heterocycles. The Labute approximate surface area is 120 Å². The topological polar surface area (TPSA) is 60.8 Å². The third-order valence-corrected chi connectivity index (χ3v) is 4.07. The first-order valence-electron chi connectivity index (χ1n) is 7.41. The van der Waals surface area contributed by atoms with Gasteiger partial charge in [-0.1, -0.05) is 25.8 Å². The number of benzene rings is 1. The van der Waals surface area contributed by atoms with Crippen LogP contribution in [0, 0.1) is 0 Å². The van der Waals surface area contributed by atoms with Crippen LogP contribution in [0.25, 0.3) is 0 Å². The van der Waals surface area contributed by atoms with Crippen molar-refractivity contribution < 1.29 is 15.0 Å². The van der Waals surface area contributed by atoms with Gasteiger partial charge in [0, 0.05) is 12.6 Å². The van der Waals surface area contributed by atoms with E-state index < -0.39 is 5.97 Å². The van der Waals surface area contributed by atoms with Gasteiger partial charge in [-0.05, 0) is 43.5 Å². The molecule has 0 spiro atoms. The molecule has 0 radical (unpaired) electrons. The Bertz CT molecular complexity index is 473. The fraction of sp³-hybridized carbons (Fsp3) is 0.562. The van der Waals surface area contributed by atoms with Gasteiger partial charge in [0.25, 0.3) is 0 Å². The van der Waals surface area contributed by atoms with E-state index in [2.05, 4.69) is 11.8 Å². The number of hydrogen-bond acceptors (Lipinski definition) is 3. The maximum atomic E-state index is 11.0. The number of hydrogen-bond donors (Lipinski definition) is 2. The highest BCUT2D eigenvalue weighted by atomic mass is 16.4. The fourth-order valence-electron chi connectivity index (χ4n) is 2.96. The zero-order valence-electron chi connectivity index (χ0n) is 12.0. The van der Waals surface area contributed by atoms with Crippen molar-refractivity contribution in [3.63, 3.8) is 0 Å². The normalized spacial score (nSPS) is 19.4. The van der Waals surface area contributed by atoms with E-state index in [1.807, 2.05) is 6.07 Å². The summed E-state index contributed by atoms with van der Waals surface area (Å²) in [5.41, 5.74) is 0.954. The van der Waals surface area contributed by atoms with Crippen LogP contribution < -0.4 is 0 Å². The highest BCUT2D eigenvalue weighted by Gasteiger charge is 2.24. The van der Waals surface area contributed by atoms with Crippen molar-refractivity contribution >= 4 is 5.97 Å². The molecule has 4 nitrogen and oxygen atoms in total. The molecule has 0 bridgehead atoms. The minimum Gasteiger partial charge on any atom is -0.507 e. The summed E-state index contributed by atoms with van der Waals surface area (Å²) in [6.45, 7) is 4.06. The molecular weight excluding hydrogens is 254 g/mol. The number of phenols is 1. The van der Waals surface area contributed by atoms with Crippen LogP contribution in [-0.4, -0.2) is 33.7 Å². The van der Waals surface area contributed by atoms with Crippen molar-refractivity contribution in [2.45, 2.75) is 51.6 Å². The summed E-state index contributed by atoms with van der Waals surface area (Å²) in [6.07, 6.45) is 6.15. The van der Waals surface area contributed by atoms with E-state index in [0.29, 0.717) is 6.04 Å². The molecule has 0 amide bonds. The lowest BCUT2D eigenvalue weighted by Crippen LogP contribution is -2.28. The Kier molecular flexibility index (Phi) is 5.01. The molecule has 1 heterocycles. The van der Waals surface area contributed by atoms with E-state index in [0.717, 1.165) is 18.7 Å². The number of carboxylic acids is 1. The molecule has 1 saturated heterocycles. The molecule has 0 aliphatic carbocycles. The van der Waals surface area contributed by atoms with Crippen LogP contribution in [0.5, 0.6) is 5.75 Å². The highest BCUT2D eigenvalue weighted by molar-refractivity contribution is 5.90. The van der Waals surface area contributed by atoms with Crippen LogP contribution in [0.2, 0.25) is 0 Å². The second-order valence-corrected chi connectivity index (χ2v) is 5.57. The maximum Gasteiger partial charge on any atom is 0.339 e. The van der Waals surface area contributed by atoms with E-state index in [9.17, 15) is 9.90 Å². The van der Waals surface area contributed by atoms with Crippen molar-refractivity contribution in [2.75, 3.05) is 6.54 Å². The zero-order valence-corrected chi connectivity index (χ0v) is 12.0. The Morgan fingerprint density at radius 3 is 2.95 bits per heavy atom. The molecule has 1 aliphatic heterocycles. The first-order chi connectivity index (χ1) is 9.61. The van der Waals surface area contributed by atoms with E-state index in [1.165, 1.54) is 38.2 Å². The predicted octanol–water partition coefficient (Wildman–Crippen LogP) is 3.25. The van der Waals surface area contributed by atoms with E-state index >= 15 is 0 Å². The Morgan fingerprint density at radius 1 is 1.45 bits per heavy atom. The predicted molar refractivity (Wildman–Crippen MR) is 78.0 cm³/mol. The Hall–Kier alpha value is -1.55. The summed E-state index contributed by atoms with van der Waals surface area (Å²) in [5.74, 6) is -1.24. The van der Waals surface area contributed by atoms with Crippen LogP contribution >= 0.6 is 0 Å². The molecule has 110 valence electrons. The van der Waals surface area contributed by atoms with Gasteiger partial charge in [-0.25, -0.2) is 4.79 Å². The minimum absolute atomic E-state index is 0.00759. The minimum atomic E-state index is -1.08. The number of unbranched alkanes of at least 4 members (excludes halogenated alkanes) is 1. The van der Waals surface area contributed by atoms with Crippen molar-refractivity contribution in [1.82, 2.24) is 4.90 Å². The molecule has 1 aromatic rings. The highest BCUT2D eigenvalue weighted by Crippen LogP contribution is 2.26. The van der Waals surface area contributed by atoms with Crippen LogP contribution in [0.15, 0.2) is 18.2 Å². The monoisotopic (exact) mass is 277 g/mol. The average Bonchev–Trinajstić information content (AvgIpc) is 2.85. The van der Waals surface area contributed by atoms with Gasteiger partial charge in [0.1, 0.15) is 11.3 Å². The van der Waals surface area contributed by atoms with Crippen molar-refractivity contribution in [2.24, 2.45) is 0 Å². The van der Waals surface area contributed by atoms with Gasteiger partial charge in [0.05, 0.1) is 0 Å². The largest absolute Gasteiger partial charge is 0.507 e. The summed E-state index contributed by atoms with van der Waals surface area (Å²) in [6, 6.07) is 5.51. The van der Waals surface area contributed by atoms with Gasteiger partial charge < -0.3 is 10.2 Å². The summed E-state index contributed by atoms with van der Waals surface area (Å²) in [5, 5.41) is 18.6. The zero-order chi connectivity index (χ0) is 14.5. The number of carboxylic acid groups (broad SMARTS) is 1. The SMILES string of the molecule is CCCCC1CCCN1Cc1ccc(O)c(C(=O)O)c1. The molecule has 2 N–H and O–H groups in total. The van der Waals surface area contributed by atoms with Crippen LogP contribution in [0.1, 0.15) is 54.9 Å². The summed E-state index contributed by atoms with van der Waals surface area (Å²) in [7, 11) is 0. The lowest BCUT2D eigenvalue weighted by Gasteiger charge is -2.24. The van der Waals surface area contributed by atoms with Crippen LogP contribution in [0.3, 0.4) is 0 Å². The molecular formula is C16H23NO3. The maximum absolute atomic E-state index is 11.0. The Balaban J connectivity index is 2.05. The lowest BCUT2D eigenvalue weighted by atomic mass is 10.1. The Morgan fingerprint density at radius 2 is 2.25 bits per heavy atom. The lowest BCUT2D eigenvalue weighted by molar-refractivity contribution is 0.0693. The second kappa shape index (κ2) is 6.75. The molecule has 1 aromatic carbocycles. The molecule has 1 aliphatic rings. The molecule has 1 atom stereocenters. The van der Waals surface area contributed by atoms with Crippen LogP contribution in [-0.2, 0) is 6.54 Å². The van der Waals surface area contributed by atoms with Crippen molar-refractivity contribution in [3.05, 3.63) is 29.3 Å². The van der Waals surface area contributed by atoms with E-state index in [-0.39, 0.29) is 11.3 Å². The van der Waals surface area contributed by atoms with Gasteiger partial charge >= 0.3 is 5.97 Å². The van der Waals surface area contributed by atoms with E-state index in [4.69, 9.17) is 5.11 Å². The number of rotatable bonds is 6. The van der Waals surface area contributed by atoms with E-state index in [1.54, 1.807) is 6.07 Å². The third-order valence-electron chi connectivity index (χ3n) is 4.07. The smallest absolute Gasteiger partial charge is 0.339 e. The molecule has 0 saturated carbocycles. The molecule has 1 unspecified atom stereocenters. The number of aromatic hydroxyl groups is 1. The van der Waals surface area contributed by atoms with Crippen LogP contribution in [0.4, 0.5) is 0 Å². The fourth-order valence-corrected chi connectivity index (χ4v) is 2.96. The van der Waals surface area contributed by atoms with Crippen molar-refractivity contribution in [1.29, 1.82) is 0 Å². The average molecular weight is 277 g/mol. The van der Waals surface area contributed by atoms with Gasteiger partial charge in [-0.15, -0.1) is 0 Å². The standard InChI is InChI=1S/C16H23NO3/c1-2-3-5-13-6-4-9-17(13)11-12-7-8-15(18)14(10-12)16(19)20/h7-8,10,13,18H,2-6,9,11H2,1H3,(H,19,20). The van der Waals surface area contributed by atoms with Crippen molar-refractivity contribution in [3.8, 4) is 5.75 Å². The molecule has 20 heavy (non-hydrogen) atoms. The van der Waals surface area contributed by atoms with Gasteiger partial charge in [-0.3, -0.25) is 4.90 Å². The summed E-state index contributed by atoms with van der Waals surface area (Å²) < 4.78 is 0. The third kappa shape index (κ3) is 3.51.